The molecule has 0 spiro atoms. The molecular formula is C8H5BrClN3O3S. The summed E-state index contributed by atoms with van der Waals surface area (Å²) in [5.41, 5.74) is 8.19. The van der Waals surface area contributed by atoms with Crippen LogP contribution in [0.3, 0.4) is 0 Å². The first-order valence-corrected chi connectivity index (χ1v) is 6.72. The lowest BCUT2D eigenvalue weighted by atomic mass is 10.1. The lowest BCUT2D eigenvalue weighted by molar-refractivity contribution is 0.00234. The van der Waals surface area contributed by atoms with E-state index >= 15 is 0 Å². The van der Waals surface area contributed by atoms with Gasteiger partial charge in [-0.3, -0.25) is 4.79 Å². The summed E-state index contributed by atoms with van der Waals surface area (Å²) in [5, 5.41) is 4.82. The van der Waals surface area contributed by atoms with Crippen molar-refractivity contribution in [1.82, 2.24) is 0 Å². The first kappa shape index (κ1) is 14.0. The number of nitrogens with zero attached hydrogens (tertiary/aromatic N) is 2. The highest BCUT2D eigenvalue weighted by molar-refractivity contribution is 9.10. The van der Waals surface area contributed by atoms with Gasteiger partial charge in [0.05, 0.1) is 5.02 Å². The van der Waals surface area contributed by atoms with Crippen LogP contribution in [0.1, 0.15) is 10.4 Å². The summed E-state index contributed by atoms with van der Waals surface area (Å²) in [4.78, 5) is 13.5. The summed E-state index contributed by atoms with van der Waals surface area (Å²) in [7, 11) is -4.05. The van der Waals surface area contributed by atoms with E-state index in [-0.39, 0.29) is 20.0 Å². The van der Waals surface area contributed by atoms with Crippen molar-refractivity contribution >= 4 is 49.6 Å². The molecule has 0 fully saturated rings. The summed E-state index contributed by atoms with van der Waals surface area (Å²) in [5.74, 6) is -0.685. The predicted molar refractivity (Wildman–Crippen MR) is 64.5 cm³/mol. The van der Waals surface area contributed by atoms with Gasteiger partial charge in [0, 0.05) is 10.0 Å². The Balaban J connectivity index is 3.55. The van der Waals surface area contributed by atoms with Gasteiger partial charge in [-0.25, -0.2) is 13.6 Å². The number of sulfonamides is 1. The third kappa shape index (κ3) is 3.21. The standard InChI is InChI=1S/C8H5BrClN3O3S/c9-5-1-4(6(14)3-13-11)2-7(8(5)10)17(12,15)16/h1-3H,(H2,12,15,16). The van der Waals surface area contributed by atoms with E-state index in [1.165, 1.54) is 6.07 Å². The van der Waals surface area contributed by atoms with Crippen LogP contribution in [0.4, 0.5) is 0 Å². The topological polar surface area (TPSA) is 114 Å². The summed E-state index contributed by atoms with van der Waals surface area (Å²) in [6.45, 7) is 0. The highest BCUT2D eigenvalue weighted by atomic mass is 79.9. The van der Waals surface area contributed by atoms with Gasteiger partial charge in [-0.05, 0) is 28.1 Å². The van der Waals surface area contributed by atoms with Gasteiger partial charge >= 0.3 is 6.21 Å². The molecule has 1 aromatic carbocycles. The molecule has 0 heterocycles. The number of Topliss-reactive ketones (excluding diaryl/α,β-unsaturated/α-hetero) is 1. The summed E-state index contributed by atoms with van der Waals surface area (Å²) >= 11 is 8.73. The van der Waals surface area contributed by atoms with Crippen LogP contribution in [-0.2, 0) is 10.0 Å². The van der Waals surface area contributed by atoms with Crippen molar-refractivity contribution in [1.29, 1.82) is 0 Å². The normalized spacial score (nSPS) is 10.8. The quantitative estimate of drug-likeness (QED) is 0.387. The molecule has 90 valence electrons. The lowest BCUT2D eigenvalue weighted by Crippen LogP contribution is -2.14. The largest absolute Gasteiger partial charge is 0.361 e. The fraction of sp³-hybridized carbons (Fsp3) is 0. The molecule has 17 heavy (non-hydrogen) atoms. The van der Waals surface area contributed by atoms with Gasteiger partial charge in [0.2, 0.25) is 10.0 Å². The Morgan fingerprint density at radius 1 is 1.53 bits per heavy atom. The molecule has 6 nitrogen and oxygen atoms in total. The fourth-order valence-corrected chi connectivity index (χ4v) is 2.71. The third-order valence-electron chi connectivity index (χ3n) is 1.76. The molecule has 0 radical (unpaired) electrons. The number of hydrogen-bond acceptors (Lipinski definition) is 3. The van der Waals surface area contributed by atoms with Crippen molar-refractivity contribution in [2.45, 2.75) is 4.90 Å². The number of primary sulfonamides is 1. The molecule has 0 aliphatic carbocycles. The third-order valence-corrected chi connectivity index (χ3v) is 4.07. The highest BCUT2D eigenvalue weighted by Gasteiger charge is 2.19. The van der Waals surface area contributed by atoms with E-state index in [4.69, 9.17) is 22.3 Å². The second-order valence-electron chi connectivity index (χ2n) is 2.92. The SMILES string of the molecule is [N-]=[N+]=CC(=O)c1cc(Br)c(Cl)c(S(N)(=O)=O)c1. The van der Waals surface area contributed by atoms with E-state index < -0.39 is 15.8 Å². The zero-order valence-corrected chi connectivity index (χ0v) is 11.3. The molecular weight excluding hydrogens is 334 g/mol. The van der Waals surface area contributed by atoms with E-state index in [0.717, 1.165) is 6.07 Å². The minimum Gasteiger partial charge on any atom is -0.361 e. The van der Waals surface area contributed by atoms with Crippen molar-refractivity contribution < 1.29 is 18.0 Å². The van der Waals surface area contributed by atoms with E-state index in [2.05, 4.69) is 20.7 Å². The maximum atomic E-state index is 11.4. The Labute approximate surface area is 110 Å². The minimum atomic E-state index is -4.05. The number of hydrogen-bond donors (Lipinski definition) is 1. The maximum Gasteiger partial charge on any atom is 0.328 e. The first-order chi connectivity index (χ1) is 7.77. The minimum absolute atomic E-state index is 0.0249. The number of carbonyl (C=O) groups is 1. The zero-order valence-electron chi connectivity index (χ0n) is 8.09. The Morgan fingerprint density at radius 2 is 2.12 bits per heavy atom. The fourth-order valence-electron chi connectivity index (χ4n) is 1.04. The van der Waals surface area contributed by atoms with E-state index in [0.29, 0.717) is 6.21 Å². The van der Waals surface area contributed by atoms with Crippen LogP contribution >= 0.6 is 27.5 Å². The number of ketones is 1. The average molecular weight is 339 g/mol. The summed E-state index contributed by atoms with van der Waals surface area (Å²) in [6, 6.07) is 2.30. The number of rotatable bonds is 3. The van der Waals surface area contributed by atoms with Gasteiger partial charge in [-0.2, -0.15) is 4.79 Å². The monoisotopic (exact) mass is 337 g/mol. The van der Waals surface area contributed by atoms with Gasteiger partial charge in [0.1, 0.15) is 4.90 Å². The summed E-state index contributed by atoms with van der Waals surface area (Å²) < 4.78 is 22.6. The number of nitrogens with two attached hydrogens (primary N) is 1. The number of carbonyl (C=O) groups excluding carboxylic acids is 1. The van der Waals surface area contributed by atoms with Crippen LogP contribution < -0.4 is 5.14 Å². The summed E-state index contributed by atoms with van der Waals surface area (Å²) in [6.07, 6.45) is 0.628. The van der Waals surface area contributed by atoms with Crippen molar-refractivity contribution in [3.8, 4) is 0 Å². The molecule has 0 unspecified atom stereocenters. The highest BCUT2D eigenvalue weighted by Crippen LogP contribution is 2.30. The molecule has 0 aliphatic heterocycles. The molecule has 2 N–H and O–H groups in total. The number of halogens is 2. The van der Waals surface area contributed by atoms with Crippen molar-refractivity contribution in [2.75, 3.05) is 0 Å². The van der Waals surface area contributed by atoms with Crippen molar-refractivity contribution in [3.05, 3.63) is 32.7 Å². The van der Waals surface area contributed by atoms with Crippen molar-refractivity contribution in [2.24, 2.45) is 5.14 Å². The maximum absolute atomic E-state index is 11.4. The lowest BCUT2D eigenvalue weighted by Gasteiger charge is -2.05. The predicted octanol–water partition coefficient (Wildman–Crippen LogP) is 1.23. The molecule has 0 bridgehead atoms. The van der Waals surface area contributed by atoms with Gasteiger partial charge < -0.3 is 5.53 Å². The molecule has 0 saturated heterocycles. The molecule has 1 aromatic rings. The Morgan fingerprint density at radius 3 is 2.59 bits per heavy atom. The smallest absolute Gasteiger partial charge is 0.328 e. The van der Waals surface area contributed by atoms with Crippen LogP contribution in [0.25, 0.3) is 5.53 Å². The Hall–Kier alpha value is -1.05. The Bertz CT molecular complexity index is 638. The van der Waals surface area contributed by atoms with Gasteiger partial charge in [-0.1, -0.05) is 11.6 Å². The van der Waals surface area contributed by atoms with Gasteiger partial charge in [-0.15, -0.1) is 0 Å². The van der Waals surface area contributed by atoms with Crippen LogP contribution in [0, 0.1) is 0 Å². The second-order valence-corrected chi connectivity index (χ2v) is 5.69. The van der Waals surface area contributed by atoms with E-state index in [9.17, 15) is 13.2 Å². The van der Waals surface area contributed by atoms with Crippen LogP contribution in [0.5, 0.6) is 0 Å². The van der Waals surface area contributed by atoms with Crippen LogP contribution in [0.15, 0.2) is 21.5 Å². The van der Waals surface area contributed by atoms with E-state index in [1.54, 1.807) is 0 Å². The zero-order chi connectivity index (χ0) is 13.2. The molecule has 1 rings (SSSR count). The molecule has 0 aliphatic rings. The van der Waals surface area contributed by atoms with Crippen molar-refractivity contribution in [3.63, 3.8) is 0 Å². The number of benzene rings is 1. The van der Waals surface area contributed by atoms with E-state index in [1.807, 2.05) is 0 Å². The Kier molecular flexibility index (Phi) is 4.18. The molecule has 9 heteroatoms. The molecule has 0 atom stereocenters. The van der Waals surface area contributed by atoms with Crippen LogP contribution in [-0.4, -0.2) is 25.2 Å². The molecule has 0 aromatic heterocycles. The second kappa shape index (κ2) is 5.07. The van der Waals surface area contributed by atoms with Crippen LogP contribution in [0.2, 0.25) is 5.02 Å². The average Bonchev–Trinajstić information content (AvgIpc) is 2.20. The van der Waals surface area contributed by atoms with Gasteiger partial charge in [0.15, 0.2) is 0 Å². The molecule has 0 amide bonds. The first-order valence-electron chi connectivity index (χ1n) is 4.01. The molecule has 0 saturated carbocycles. The van der Waals surface area contributed by atoms with Gasteiger partial charge in [0.25, 0.3) is 5.78 Å².